The number of hydroxylamine groups is 2. The van der Waals surface area contributed by atoms with Gasteiger partial charge >= 0.3 is 29.8 Å². The molecule has 14 heteroatoms. The third-order valence-corrected chi connectivity index (χ3v) is 18.3. The fraction of sp³-hybridized carbons (Fsp3) is 0.860. The molecule has 6 bridgehead atoms. The predicted octanol–water partition coefficient (Wildman–Crippen LogP) is 6.41. The van der Waals surface area contributed by atoms with Gasteiger partial charge in [0.2, 0.25) is 0 Å². The van der Waals surface area contributed by atoms with Gasteiger partial charge in [0.05, 0.1) is 54.6 Å². The summed E-state index contributed by atoms with van der Waals surface area (Å²) in [6, 6.07) is 0. The van der Waals surface area contributed by atoms with E-state index in [1.54, 1.807) is 6.92 Å². The minimum atomic E-state index is -1.02. The van der Waals surface area contributed by atoms with Crippen molar-refractivity contribution in [3.8, 4) is 0 Å². The number of carbonyl (C=O) groups excluding carboxylic acids is 7. The van der Waals surface area contributed by atoms with E-state index < -0.39 is 100 Å². The SMILES string of the molecule is CCCCOC(=O)C(C)C(C(=O)OCCCC)C1C2CCC(CC2CO)C1C1C(=O)OC(=O)C1C1C2CCC(CC2C(=O)OC(C)(C)C)C1C1C(C)C2CCC1C1C(=O)N(O)C(=O)C21. The molecule has 64 heavy (non-hydrogen) atoms. The molecule has 0 aromatic rings. The van der Waals surface area contributed by atoms with Gasteiger partial charge in [0, 0.05) is 6.61 Å². The van der Waals surface area contributed by atoms with E-state index in [1.807, 2.05) is 34.6 Å². The van der Waals surface area contributed by atoms with Crippen LogP contribution in [0.5, 0.6) is 0 Å². The van der Waals surface area contributed by atoms with Crippen LogP contribution < -0.4 is 0 Å². The van der Waals surface area contributed by atoms with Crippen molar-refractivity contribution in [2.75, 3.05) is 19.8 Å². The smallest absolute Gasteiger partial charge is 0.317 e. The molecular formula is C50H73NO13. The highest BCUT2D eigenvalue weighted by molar-refractivity contribution is 6.04. The fourth-order valence-electron chi connectivity index (χ4n) is 16.1. The number of nitrogens with zero attached hydrogens (tertiary/aromatic N) is 1. The normalized spacial score (nSPS) is 42.0. The Morgan fingerprint density at radius 3 is 1.88 bits per heavy atom. The molecule has 2 heterocycles. The van der Waals surface area contributed by atoms with E-state index in [1.165, 1.54) is 0 Å². The summed E-state index contributed by atoms with van der Waals surface area (Å²) in [7, 11) is 0. The van der Waals surface area contributed by atoms with Gasteiger partial charge in [-0.15, -0.1) is 0 Å². The summed E-state index contributed by atoms with van der Waals surface area (Å²) in [5, 5.41) is 21.9. The number of fused-ring (bicyclic) bond motifs is 9. The second kappa shape index (κ2) is 18.4. The summed E-state index contributed by atoms with van der Waals surface area (Å²) in [6.45, 7) is 13.5. The highest BCUT2D eigenvalue weighted by Crippen LogP contribution is 2.69. The Kier molecular flexibility index (Phi) is 13.5. The quantitative estimate of drug-likeness (QED) is 0.0457. The molecule has 14 nitrogen and oxygen atoms in total. The number of cyclic esters (lactones) is 2. The van der Waals surface area contributed by atoms with Crippen molar-refractivity contribution in [2.24, 2.45) is 118 Å². The molecule has 2 aliphatic heterocycles. The first-order valence-corrected chi connectivity index (χ1v) is 24.9. The molecule has 0 aromatic carbocycles. The van der Waals surface area contributed by atoms with Gasteiger partial charge in [0.15, 0.2) is 0 Å². The lowest BCUT2D eigenvalue weighted by Gasteiger charge is -2.63. The topological polar surface area (TPSA) is 200 Å². The standard InChI is InChI=1S/C50H73NO13/c1-8-10-18-61-45(55)24(4)34(47(57)62-19-11-9-2)37-29-14-12-25(20-27(29)22-52)36(37)41-42(49(59)63-48(41)58)38-30-15-13-26(21-32(30)46(56)64-50(5,6)7)35(38)33-23(3)28-16-17-31(33)40-39(28)43(53)51(60)44(40)54/h23-42,52,60H,8-22H2,1-7H3. The lowest BCUT2D eigenvalue weighted by Crippen LogP contribution is -2.62. The number of amides is 2. The minimum Gasteiger partial charge on any atom is -0.465 e. The van der Waals surface area contributed by atoms with Gasteiger partial charge in [0.1, 0.15) is 5.60 Å². The van der Waals surface area contributed by atoms with Gasteiger partial charge in [-0.3, -0.25) is 38.8 Å². The maximum absolute atomic E-state index is 14.9. The lowest BCUT2D eigenvalue weighted by atomic mass is 9.40. The molecule has 356 valence electrons. The Hall–Kier alpha value is -3.39. The van der Waals surface area contributed by atoms with E-state index in [0.717, 1.165) is 25.7 Å². The second-order valence-electron chi connectivity index (χ2n) is 22.4. The zero-order valence-electron chi connectivity index (χ0n) is 39.0. The van der Waals surface area contributed by atoms with Crippen molar-refractivity contribution in [3.05, 3.63) is 0 Å². The summed E-state index contributed by atoms with van der Waals surface area (Å²) >= 11 is 0. The first kappa shape index (κ1) is 47.1. The van der Waals surface area contributed by atoms with Crippen LogP contribution in [0.3, 0.4) is 0 Å². The molecule has 2 N–H and O–H groups in total. The van der Waals surface area contributed by atoms with Crippen molar-refractivity contribution < 1.29 is 62.8 Å². The molecule has 2 amide bonds. The number of carbonyl (C=O) groups is 7. The van der Waals surface area contributed by atoms with Crippen molar-refractivity contribution in [3.63, 3.8) is 0 Å². The average molecular weight is 896 g/mol. The van der Waals surface area contributed by atoms with Crippen molar-refractivity contribution >= 4 is 41.7 Å². The predicted molar refractivity (Wildman–Crippen MR) is 227 cm³/mol. The number of aliphatic hydroxyl groups is 1. The molecule has 9 aliphatic carbocycles. The van der Waals surface area contributed by atoms with Crippen LogP contribution in [0.2, 0.25) is 0 Å². The molecule has 0 spiro atoms. The molecule has 0 aromatic heterocycles. The molecule has 20 atom stereocenters. The van der Waals surface area contributed by atoms with E-state index in [0.29, 0.717) is 56.4 Å². The van der Waals surface area contributed by atoms with E-state index in [-0.39, 0.29) is 85.0 Å². The molecular weight excluding hydrogens is 823 g/mol. The van der Waals surface area contributed by atoms with Gasteiger partial charge in [-0.2, -0.15) is 5.06 Å². The Morgan fingerprint density at radius 1 is 0.719 bits per heavy atom. The number of hydrogen-bond donors (Lipinski definition) is 2. The number of rotatable bonds is 15. The Morgan fingerprint density at radius 2 is 1.27 bits per heavy atom. The van der Waals surface area contributed by atoms with Crippen LogP contribution in [0.4, 0.5) is 0 Å². The maximum Gasteiger partial charge on any atom is 0.317 e. The van der Waals surface area contributed by atoms with Gasteiger partial charge in [-0.05, 0) is 162 Å². The summed E-state index contributed by atoms with van der Waals surface area (Å²) in [5.41, 5.74) is -0.766. The second-order valence-corrected chi connectivity index (χ2v) is 22.4. The molecule has 2 saturated heterocycles. The van der Waals surface area contributed by atoms with Crippen molar-refractivity contribution in [1.82, 2.24) is 5.06 Å². The summed E-state index contributed by atoms with van der Waals surface area (Å²) < 4.78 is 23.6. The molecule has 11 rings (SSSR count). The Bertz CT molecular complexity index is 1840. The number of esters is 5. The van der Waals surface area contributed by atoms with E-state index in [2.05, 4.69) is 6.92 Å². The van der Waals surface area contributed by atoms with Gasteiger partial charge in [-0.25, -0.2) is 0 Å². The van der Waals surface area contributed by atoms with E-state index >= 15 is 0 Å². The van der Waals surface area contributed by atoms with E-state index in [4.69, 9.17) is 18.9 Å². The third kappa shape index (κ3) is 7.93. The molecule has 9 saturated carbocycles. The van der Waals surface area contributed by atoms with Crippen LogP contribution >= 0.6 is 0 Å². The minimum absolute atomic E-state index is 0.0488. The zero-order chi connectivity index (χ0) is 46.1. The first-order chi connectivity index (χ1) is 30.4. The zero-order valence-corrected chi connectivity index (χ0v) is 39.0. The molecule has 11 aliphatic rings. The van der Waals surface area contributed by atoms with Crippen LogP contribution in [0, 0.1) is 118 Å². The summed E-state index contributed by atoms with van der Waals surface area (Å²) in [4.78, 5) is 99.8. The molecule has 11 fully saturated rings. The lowest BCUT2D eigenvalue weighted by molar-refractivity contribution is -0.193. The van der Waals surface area contributed by atoms with E-state index in [9.17, 15) is 43.9 Å². The number of unbranched alkanes of at least 4 members (excludes halogenated alkanes) is 2. The van der Waals surface area contributed by atoms with Crippen molar-refractivity contribution in [1.29, 1.82) is 0 Å². The first-order valence-electron chi connectivity index (χ1n) is 24.9. The summed E-state index contributed by atoms with van der Waals surface area (Å²) in [6.07, 6.45) is 8.23. The largest absolute Gasteiger partial charge is 0.465 e. The Labute approximate surface area is 377 Å². The monoisotopic (exact) mass is 896 g/mol. The van der Waals surface area contributed by atoms with Crippen LogP contribution in [0.25, 0.3) is 0 Å². The van der Waals surface area contributed by atoms with Crippen LogP contribution in [-0.2, 0) is 52.5 Å². The van der Waals surface area contributed by atoms with Crippen molar-refractivity contribution in [2.45, 2.75) is 131 Å². The van der Waals surface area contributed by atoms with Gasteiger partial charge in [-0.1, -0.05) is 40.5 Å². The maximum atomic E-state index is 14.9. The number of aliphatic hydroxyl groups excluding tert-OH is 1. The summed E-state index contributed by atoms with van der Waals surface area (Å²) in [5.74, 6) is -13.2. The highest BCUT2D eigenvalue weighted by Gasteiger charge is 2.70. The highest BCUT2D eigenvalue weighted by atomic mass is 16.6. The molecule has 0 radical (unpaired) electrons. The number of hydrogen-bond acceptors (Lipinski definition) is 13. The van der Waals surface area contributed by atoms with Crippen LogP contribution in [0.1, 0.15) is 126 Å². The molecule has 20 unspecified atom stereocenters. The van der Waals surface area contributed by atoms with Gasteiger partial charge in [0.25, 0.3) is 11.8 Å². The average Bonchev–Trinajstić information content (AvgIpc) is 3.69. The van der Waals surface area contributed by atoms with Gasteiger partial charge < -0.3 is 24.1 Å². The fourth-order valence-corrected chi connectivity index (χ4v) is 16.1. The van der Waals surface area contributed by atoms with Crippen LogP contribution in [0.15, 0.2) is 0 Å². The van der Waals surface area contributed by atoms with Crippen LogP contribution in [-0.4, -0.2) is 82.5 Å². The number of imide groups is 1. The number of ether oxygens (including phenoxy) is 4. The Balaban J connectivity index is 1.24. The third-order valence-electron chi connectivity index (χ3n) is 18.3.